The molecule has 1 aliphatic rings. The highest BCUT2D eigenvalue weighted by Gasteiger charge is 2.15. The smallest absolute Gasteiger partial charge is 0.354 e. The number of carboxylic acids is 1. The zero-order chi connectivity index (χ0) is 13.7. The van der Waals surface area contributed by atoms with Gasteiger partial charge in [-0.1, -0.05) is 6.07 Å². The Hall–Kier alpha value is -2.11. The van der Waals surface area contributed by atoms with Crippen LogP contribution in [0.15, 0.2) is 18.3 Å². The van der Waals surface area contributed by atoms with Gasteiger partial charge in [0, 0.05) is 25.8 Å². The van der Waals surface area contributed by atoms with Crippen LogP contribution in [0.1, 0.15) is 35.3 Å². The summed E-state index contributed by atoms with van der Waals surface area (Å²) in [6.07, 6.45) is 4.77. The first-order chi connectivity index (χ1) is 9.16. The Morgan fingerprint density at radius 2 is 2.00 bits per heavy atom. The molecule has 6 heteroatoms. The van der Waals surface area contributed by atoms with Gasteiger partial charge >= 0.3 is 12.0 Å². The summed E-state index contributed by atoms with van der Waals surface area (Å²) < 4.78 is 0. The molecule has 19 heavy (non-hydrogen) atoms. The summed E-state index contributed by atoms with van der Waals surface area (Å²) in [5.41, 5.74) is 0.793. The van der Waals surface area contributed by atoms with Gasteiger partial charge in [-0.3, -0.25) is 0 Å². The molecule has 2 amide bonds. The predicted octanol–water partition coefficient (Wildman–Crippen LogP) is 1.48. The lowest BCUT2D eigenvalue weighted by Crippen LogP contribution is -2.42. The Kier molecular flexibility index (Phi) is 4.33. The van der Waals surface area contributed by atoms with E-state index in [1.165, 1.54) is 18.7 Å². The number of likely N-dealkylation sites (tertiary alicyclic amines) is 1. The van der Waals surface area contributed by atoms with Gasteiger partial charge in [-0.15, -0.1) is 0 Å². The van der Waals surface area contributed by atoms with Crippen molar-refractivity contribution in [1.82, 2.24) is 15.2 Å². The van der Waals surface area contributed by atoms with Crippen molar-refractivity contribution >= 4 is 12.0 Å². The first-order valence-corrected chi connectivity index (χ1v) is 6.38. The van der Waals surface area contributed by atoms with E-state index in [-0.39, 0.29) is 11.7 Å². The van der Waals surface area contributed by atoms with Gasteiger partial charge in [-0.25, -0.2) is 14.6 Å². The Morgan fingerprint density at radius 3 is 2.58 bits per heavy atom. The third-order valence-electron chi connectivity index (χ3n) is 3.13. The molecule has 0 aliphatic carbocycles. The van der Waals surface area contributed by atoms with Crippen molar-refractivity contribution in [1.29, 1.82) is 0 Å². The van der Waals surface area contributed by atoms with Crippen LogP contribution in [0.5, 0.6) is 0 Å². The van der Waals surface area contributed by atoms with Crippen molar-refractivity contribution in [2.45, 2.75) is 25.8 Å². The van der Waals surface area contributed by atoms with E-state index in [1.807, 2.05) is 4.90 Å². The molecule has 0 atom stereocenters. The summed E-state index contributed by atoms with van der Waals surface area (Å²) in [6, 6.07) is 3.03. The molecule has 0 unspecified atom stereocenters. The van der Waals surface area contributed by atoms with Crippen LogP contribution >= 0.6 is 0 Å². The number of carboxylic acid groups (broad SMARTS) is 1. The topological polar surface area (TPSA) is 82.5 Å². The van der Waals surface area contributed by atoms with E-state index in [1.54, 1.807) is 6.07 Å². The monoisotopic (exact) mass is 263 g/mol. The Labute approximate surface area is 111 Å². The van der Waals surface area contributed by atoms with Gasteiger partial charge in [-0.2, -0.15) is 0 Å². The zero-order valence-electron chi connectivity index (χ0n) is 10.6. The predicted molar refractivity (Wildman–Crippen MR) is 68.9 cm³/mol. The molecular weight excluding hydrogens is 246 g/mol. The third-order valence-corrected chi connectivity index (χ3v) is 3.13. The summed E-state index contributed by atoms with van der Waals surface area (Å²) >= 11 is 0. The fourth-order valence-electron chi connectivity index (χ4n) is 2.04. The Balaban J connectivity index is 1.84. The number of hydrogen-bond donors (Lipinski definition) is 2. The first-order valence-electron chi connectivity index (χ1n) is 6.38. The van der Waals surface area contributed by atoms with Crippen molar-refractivity contribution in [3.63, 3.8) is 0 Å². The number of piperidine rings is 1. The molecule has 1 fully saturated rings. The molecule has 1 aliphatic heterocycles. The molecule has 0 aromatic carbocycles. The van der Waals surface area contributed by atoms with Crippen molar-refractivity contribution in [2.75, 3.05) is 13.1 Å². The molecule has 102 valence electrons. The molecule has 1 aromatic heterocycles. The number of nitrogens with zero attached hydrogens (tertiary/aromatic N) is 2. The van der Waals surface area contributed by atoms with Gasteiger partial charge < -0.3 is 15.3 Å². The lowest BCUT2D eigenvalue weighted by Gasteiger charge is -2.26. The van der Waals surface area contributed by atoms with Crippen LogP contribution in [0, 0.1) is 0 Å². The third kappa shape index (κ3) is 3.67. The Bertz CT molecular complexity index is 453. The molecule has 2 N–H and O–H groups in total. The van der Waals surface area contributed by atoms with Crippen molar-refractivity contribution in [3.05, 3.63) is 29.6 Å². The number of urea groups is 1. The van der Waals surface area contributed by atoms with Crippen LogP contribution in [0.4, 0.5) is 4.79 Å². The highest BCUT2D eigenvalue weighted by Crippen LogP contribution is 2.08. The summed E-state index contributed by atoms with van der Waals surface area (Å²) in [6.45, 7) is 1.98. The maximum atomic E-state index is 11.8. The molecule has 1 aromatic rings. The van der Waals surface area contributed by atoms with Crippen LogP contribution in [0.3, 0.4) is 0 Å². The van der Waals surface area contributed by atoms with E-state index in [9.17, 15) is 9.59 Å². The Morgan fingerprint density at radius 1 is 1.26 bits per heavy atom. The second-order valence-electron chi connectivity index (χ2n) is 4.56. The lowest BCUT2D eigenvalue weighted by atomic mass is 10.1. The molecule has 0 saturated carbocycles. The van der Waals surface area contributed by atoms with E-state index in [4.69, 9.17) is 5.11 Å². The zero-order valence-corrected chi connectivity index (χ0v) is 10.6. The van der Waals surface area contributed by atoms with Gasteiger partial charge in [0.15, 0.2) is 0 Å². The minimum Gasteiger partial charge on any atom is -0.477 e. The van der Waals surface area contributed by atoms with Gasteiger partial charge in [0.2, 0.25) is 0 Å². The summed E-state index contributed by atoms with van der Waals surface area (Å²) in [5.74, 6) is -1.05. The first kappa shape index (κ1) is 13.3. The molecule has 0 radical (unpaired) electrons. The van der Waals surface area contributed by atoms with E-state index in [2.05, 4.69) is 10.3 Å². The molecule has 0 spiro atoms. The molecule has 2 rings (SSSR count). The maximum absolute atomic E-state index is 11.8. The number of carbonyl (C=O) groups excluding carboxylic acids is 1. The summed E-state index contributed by atoms with van der Waals surface area (Å²) in [7, 11) is 0. The van der Waals surface area contributed by atoms with E-state index in [0.717, 1.165) is 31.5 Å². The highest BCUT2D eigenvalue weighted by molar-refractivity contribution is 5.85. The van der Waals surface area contributed by atoms with Gasteiger partial charge in [0.1, 0.15) is 5.69 Å². The quantitative estimate of drug-likeness (QED) is 0.865. The summed E-state index contributed by atoms with van der Waals surface area (Å²) in [5, 5.41) is 11.5. The maximum Gasteiger partial charge on any atom is 0.354 e. The highest BCUT2D eigenvalue weighted by atomic mass is 16.4. The van der Waals surface area contributed by atoms with E-state index >= 15 is 0 Å². The van der Waals surface area contributed by atoms with Gasteiger partial charge in [-0.05, 0) is 30.9 Å². The number of nitrogens with one attached hydrogen (secondary N) is 1. The second-order valence-corrected chi connectivity index (χ2v) is 4.56. The minimum atomic E-state index is -1.05. The van der Waals surface area contributed by atoms with Crippen LogP contribution in [-0.2, 0) is 6.54 Å². The lowest BCUT2D eigenvalue weighted by molar-refractivity contribution is 0.0690. The normalized spacial score (nSPS) is 15.1. The van der Waals surface area contributed by atoms with Crippen LogP contribution in [-0.4, -0.2) is 40.1 Å². The van der Waals surface area contributed by atoms with Crippen molar-refractivity contribution in [2.24, 2.45) is 0 Å². The number of carbonyl (C=O) groups is 2. The largest absolute Gasteiger partial charge is 0.477 e. The number of aromatic nitrogens is 1. The van der Waals surface area contributed by atoms with Crippen molar-refractivity contribution in [3.8, 4) is 0 Å². The van der Waals surface area contributed by atoms with Crippen LogP contribution in [0.2, 0.25) is 0 Å². The fraction of sp³-hybridized carbons (Fsp3) is 0.462. The van der Waals surface area contributed by atoms with E-state index in [0.29, 0.717) is 6.54 Å². The number of amides is 2. The number of pyridine rings is 1. The van der Waals surface area contributed by atoms with Gasteiger partial charge in [0.25, 0.3) is 0 Å². The average molecular weight is 263 g/mol. The SMILES string of the molecule is O=C(O)c1ccc(CNC(=O)N2CCCCC2)cn1. The molecule has 1 saturated heterocycles. The minimum absolute atomic E-state index is 0.00565. The van der Waals surface area contributed by atoms with E-state index < -0.39 is 5.97 Å². The van der Waals surface area contributed by atoms with Crippen molar-refractivity contribution < 1.29 is 14.7 Å². The second kappa shape index (κ2) is 6.17. The number of aromatic carboxylic acids is 1. The van der Waals surface area contributed by atoms with Gasteiger partial charge in [0.05, 0.1) is 0 Å². The molecule has 0 bridgehead atoms. The fourth-order valence-corrected chi connectivity index (χ4v) is 2.04. The van der Waals surface area contributed by atoms with Crippen LogP contribution in [0.25, 0.3) is 0 Å². The number of rotatable bonds is 3. The van der Waals surface area contributed by atoms with Crippen LogP contribution < -0.4 is 5.32 Å². The summed E-state index contributed by atoms with van der Waals surface area (Å²) in [4.78, 5) is 28.1. The average Bonchev–Trinajstić information content (AvgIpc) is 2.46. The number of hydrogen-bond acceptors (Lipinski definition) is 3. The molecular formula is C13H17N3O3. The standard InChI is InChI=1S/C13H17N3O3/c17-12(18)11-5-4-10(8-14-11)9-15-13(19)16-6-2-1-3-7-16/h4-5,8H,1-3,6-7,9H2,(H,15,19)(H,17,18). The molecule has 6 nitrogen and oxygen atoms in total. The molecule has 2 heterocycles.